The lowest BCUT2D eigenvalue weighted by atomic mass is 10.1. The Balaban J connectivity index is 2.28. The normalized spacial score (nSPS) is 12.1. The maximum absolute atomic E-state index is 13.6. The fourth-order valence-electron chi connectivity index (χ4n) is 2.02. The molecule has 0 saturated carbocycles. The number of hydrogen-bond donors (Lipinski definition) is 1. The summed E-state index contributed by atoms with van der Waals surface area (Å²) in [7, 11) is 1.60. The van der Waals surface area contributed by atoms with E-state index in [-0.39, 0.29) is 11.1 Å². The third kappa shape index (κ3) is 3.62. The SMILES string of the molecule is COc1ccc(NC(C)c2c(Cl)ccc(F)c2Cl)cc1Br. The Labute approximate surface area is 141 Å². The van der Waals surface area contributed by atoms with E-state index in [9.17, 15) is 4.39 Å². The van der Waals surface area contributed by atoms with Crippen molar-refractivity contribution in [3.05, 3.63) is 56.2 Å². The van der Waals surface area contributed by atoms with Gasteiger partial charge in [0.25, 0.3) is 0 Å². The van der Waals surface area contributed by atoms with Crippen molar-refractivity contribution in [2.45, 2.75) is 13.0 Å². The molecule has 0 amide bonds. The minimum Gasteiger partial charge on any atom is -0.496 e. The van der Waals surface area contributed by atoms with Crippen LogP contribution < -0.4 is 10.1 Å². The zero-order chi connectivity index (χ0) is 15.6. The lowest BCUT2D eigenvalue weighted by Crippen LogP contribution is -2.08. The van der Waals surface area contributed by atoms with Gasteiger partial charge in [-0.25, -0.2) is 4.39 Å². The highest BCUT2D eigenvalue weighted by atomic mass is 79.9. The van der Waals surface area contributed by atoms with E-state index in [4.69, 9.17) is 27.9 Å². The summed E-state index contributed by atoms with van der Waals surface area (Å²) >= 11 is 15.5. The molecule has 0 heterocycles. The Hall–Kier alpha value is -0.970. The monoisotopic (exact) mass is 391 g/mol. The summed E-state index contributed by atoms with van der Waals surface area (Å²) in [5.41, 5.74) is 1.37. The number of benzene rings is 2. The van der Waals surface area contributed by atoms with Crippen molar-refractivity contribution in [2.75, 3.05) is 12.4 Å². The largest absolute Gasteiger partial charge is 0.496 e. The predicted octanol–water partition coefficient (Wildman–Crippen LogP) is 6.08. The second-order valence-corrected chi connectivity index (χ2v) is 6.11. The van der Waals surface area contributed by atoms with Gasteiger partial charge in [-0.15, -0.1) is 0 Å². The molecule has 0 bridgehead atoms. The summed E-state index contributed by atoms with van der Waals surface area (Å²) in [5.74, 6) is 0.246. The predicted molar refractivity (Wildman–Crippen MR) is 89.2 cm³/mol. The average molecular weight is 393 g/mol. The summed E-state index contributed by atoms with van der Waals surface area (Å²) in [4.78, 5) is 0. The van der Waals surface area contributed by atoms with Crippen LogP contribution in [-0.2, 0) is 0 Å². The van der Waals surface area contributed by atoms with Crippen LogP contribution in [0.3, 0.4) is 0 Å². The van der Waals surface area contributed by atoms with Crippen LogP contribution in [0.1, 0.15) is 18.5 Å². The highest BCUT2D eigenvalue weighted by Gasteiger charge is 2.17. The molecule has 21 heavy (non-hydrogen) atoms. The average Bonchev–Trinajstić information content (AvgIpc) is 2.43. The molecule has 0 spiro atoms. The van der Waals surface area contributed by atoms with Gasteiger partial charge in [0.15, 0.2) is 0 Å². The number of rotatable bonds is 4. The van der Waals surface area contributed by atoms with E-state index < -0.39 is 5.82 Å². The number of ether oxygens (including phenoxy) is 1. The minimum absolute atomic E-state index is 0.0371. The van der Waals surface area contributed by atoms with E-state index in [2.05, 4.69) is 21.2 Å². The molecule has 0 aliphatic rings. The third-order valence-electron chi connectivity index (χ3n) is 3.05. The fourth-order valence-corrected chi connectivity index (χ4v) is 3.26. The van der Waals surface area contributed by atoms with Crippen LogP contribution >= 0.6 is 39.1 Å². The van der Waals surface area contributed by atoms with Gasteiger partial charge in [0.05, 0.1) is 22.6 Å². The molecule has 1 unspecified atom stereocenters. The first-order valence-electron chi connectivity index (χ1n) is 6.17. The van der Waals surface area contributed by atoms with Gasteiger partial charge >= 0.3 is 0 Å². The first-order chi connectivity index (χ1) is 9.93. The van der Waals surface area contributed by atoms with E-state index in [1.54, 1.807) is 7.11 Å². The van der Waals surface area contributed by atoms with E-state index in [0.29, 0.717) is 10.6 Å². The molecule has 112 valence electrons. The van der Waals surface area contributed by atoms with Crippen LogP contribution in [0.5, 0.6) is 5.75 Å². The summed E-state index contributed by atoms with van der Waals surface area (Å²) in [6.07, 6.45) is 0. The van der Waals surface area contributed by atoms with Crippen molar-refractivity contribution in [3.63, 3.8) is 0 Å². The first kappa shape index (κ1) is 16.4. The van der Waals surface area contributed by atoms with Gasteiger partial charge < -0.3 is 10.1 Å². The Morgan fingerprint density at radius 1 is 1.24 bits per heavy atom. The molecule has 0 radical (unpaired) electrons. The topological polar surface area (TPSA) is 21.3 Å². The van der Waals surface area contributed by atoms with E-state index >= 15 is 0 Å². The Morgan fingerprint density at radius 3 is 2.57 bits per heavy atom. The van der Waals surface area contributed by atoms with E-state index in [1.165, 1.54) is 12.1 Å². The molecule has 2 nitrogen and oxygen atoms in total. The molecule has 6 heteroatoms. The fraction of sp³-hybridized carbons (Fsp3) is 0.200. The van der Waals surface area contributed by atoms with Gasteiger partial charge in [0.2, 0.25) is 0 Å². The number of nitrogens with one attached hydrogen (secondary N) is 1. The van der Waals surface area contributed by atoms with Gasteiger partial charge in [-0.2, -0.15) is 0 Å². The molecule has 0 aliphatic carbocycles. The molecule has 0 aromatic heterocycles. The number of methoxy groups -OCH3 is 1. The summed E-state index contributed by atoms with van der Waals surface area (Å²) in [6, 6.07) is 8.07. The number of hydrogen-bond acceptors (Lipinski definition) is 2. The van der Waals surface area contributed by atoms with Crippen LogP contribution in [-0.4, -0.2) is 7.11 Å². The van der Waals surface area contributed by atoms with Crippen LogP contribution in [0.2, 0.25) is 10.0 Å². The number of anilines is 1. The van der Waals surface area contributed by atoms with Crippen molar-refractivity contribution in [3.8, 4) is 5.75 Å². The lowest BCUT2D eigenvalue weighted by Gasteiger charge is -2.19. The molecular weight excluding hydrogens is 380 g/mol. The van der Waals surface area contributed by atoms with E-state index in [1.807, 2.05) is 25.1 Å². The second kappa shape index (κ2) is 6.86. The van der Waals surface area contributed by atoms with E-state index in [0.717, 1.165) is 15.9 Å². The zero-order valence-corrected chi connectivity index (χ0v) is 14.5. The summed E-state index contributed by atoms with van der Waals surface area (Å²) in [6.45, 7) is 1.87. The number of halogens is 4. The van der Waals surface area contributed by atoms with Crippen molar-refractivity contribution in [1.82, 2.24) is 0 Å². The zero-order valence-electron chi connectivity index (χ0n) is 11.4. The summed E-state index contributed by atoms with van der Waals surface area (Å²) in [5, 5.41) is 3.70. The highest BCUT2D eigenvalue weighted by molar-refractivity contribution is 9.10. The van der Waals surface area contributed by atoms with Gasteiger partial charge in [-0.3, -0.25) is 0 Å². The van der Waals surface area contributed by atoms with Gasteiger partial charge in [0.1, 0.15) is 11.6 Å². The molecule has 0 fully saturated rings. The van der Waals surface area contributed by atoms with Gasteiger partial charge in [0, 0.05) is 16.3 Å². The molecule has 0 aliphatic heterocycles. The molecule has 2 aromatic carbocycles. The molecule has 1 atom stereocenters. The second-order valence-electron chi connectivity index (χ2n) is 4.47. The molecular formula is C15H13BrCl2FNO. The Kier molecular flexibility index (Phi) is 5.36. The highest BCUT2D eigenvalue weighted by Crippen LogP contribution is 2.35. The lowest BCUT2D eigenvalue weighted by molar-refractivity contribution is 0.412. The quantitative estimate of drug-likeness (QED) is 0.637. The minimum atomic E-state index is -0.486. The molecule has 0 saturated heterocycles. The van der Waals surface area contributed by atoms with Crippen molar-refractivity contribution in [1.29, 1.82) is 0 Å². The van der Waals surface area contributed by atoms with Crippen molar-refractivity contribution < 1.29 is 9.13 Å². The van der Waals surface area contributed by atoms with Crippen molar-refractivity contribution >= 4 is 44.8 Å². The molecule has 2 rings (SSSR count). The Morgan fingerprint density at radius 2 is 1.95 bits per heavy atom. The van der Waals surface area contributed by atoms with Crippen LogP contribution in [0.4, 0.5) is 10.1 Å². The van der Waals surface area contributed by atoms with Crippen molar-refractivity contribution in [2.24, 2.45) is 0 Å². The summed E-state index contributed by atoms with van der Waals surface area (Å²) < 4.78 is 19.6. The van der Waals surface area contributed by atoms with Crippen LogP contribution in [0, 0.1) is 5.82 Å². The van der Waals surface area contributed by atoms with Gasteiger partial charge in [-0.05, 0) is 53.2 Å². The maximum Gasteiger partial charge on any atom is 0.142 e. The smallest absolute Gasteiger partial charge is 0.142 e. The van der Waals surface area contributed by atoms with Crippen LogP contribution in [0.25, 0.3) is 0 Å². The third-order valence-corrected chi connectivity index (χ3v) is 4.38. The first-order valence-corrected chi connectivity index (χ1v) is 7.72. The maximum atomic E-state index is 13.6. The standard InChI is InChI=1S/C15H13BrCl2FNO/c1-8(14-11(17)4-5-12(19)15(14)18)20-9-3-6-13(21-2)10(16)7-9/h3-8,20H,1-2H3. The molecule has 2 aromatic rings. The van der Waals surface area contributed by atoms with Crippen LogP contribution in [0.15, 0.2) is 34.8 Å². The Bertz CT molecular complexity index is 666. The van der Waals surface area contributed by atoms with Gasteiger partial charge in [-0.1, -0.05) is 23.2 Å². The molecule has 1 N–H and O–H groups in total.